The van der Waals surface area contributed by atoms with E-state index in [9.17, 15) is 0 Å². The van der Waals surface area contributed by atoms with Gasteiger partial charge in [0.2, 0.25) is 0 Å². The lowest BCUT2D eigenvalue weighted by atomic mass is 10.0. The number of benzene rings is 1. The smallest absolute Gasteiger partial charge is 0.111 e. The molecule has 182 valence electrons. The summed E-state index contributed by atoms with van der Waals surface area (Å²) in [5, 5.41) is 0. The summed E-state index contributed by atoms with van der Waals surface area (Å²) in [7, 11) is 0. The predicted molar refractivity (Wildman–Crippen MR) is 129 cm³/mol. The van der Waals surface area contributed by atoms with Crippen LogP contribution in [0.15, 0.2) is 36.8 Å². The van der Waals surface area contributed by atoms with Crippen molar-refractivity contribution >= 4 is 11.1 Å². The molecule has 0 heterocycles. The molecule has 1 rings (SSSR count). The molecule has 1 aromatic rings. The Labute approximate surface area is 194 Å². The number of hydrogen-bond acceptors (Lipinski definition) is 6. The number of rotatable bonds is 18. The second kappa shape index (κ2) is 17.7. The topological polar surface area (TPSA) is 55.4 Å². The van der Waals surface area contributed by atoms with Crippen molar-refractivity contribution in [2.45, 2.75) is 53.8 Å². The lowest BCUT2D eigenvalue weighted by molar-refractivity contribution is 0.00880. The van der Waals surface area contributed by atoms with E-state index in [2.05, 4.69) is 18.2 Å². The second-order valence-electron chi connectivity index (χ2n) is 7.99. The molecular formula is C26H42O6. The fraction of sp³-hybridized carbons (Fsp3) is 0.615. The first-order chi connectivity index (χ1) is 15.4. The molecule has 0 amide bonds. The molecule has 0 aliphatic rings. The van der Waals surface area contributed by atoms with Crippen molar-refractivity contribution in [3.8, 4) is 0 Å². The van der Waals surface area contributed by atoms with Gasteiger partial charge in [-0.1, -0.05) is 18.2 Å². The van der Waals surface area contributed by atoms with Gasteiger partial charge >= 0.3 is 0 Å². The highest BCUT2D eigenvalue weighted by atomic mass is 16.5. The van der Waals surface area contributed by atoms with Gasteiger partial charge in [0.15, 0.2) is 0 Å². The molecule has 1 aromatic carbocycles. The zero-order valence-corrected chi connectivity index (χ0v) is 20.7. The lowest BCUT2D eigenvalue weighted by Gasteiger charge is -2.10. The van der Waals surface area contributed by atoms with Crippen LogP contribution in [0.3, 0.4) is 0 Å². The number of hydrogen-bond donors (Lipinski definition) is 0. The van der Waals surface area contributed by atoms with E-state index in [-0.39, 0.29) is 12.2 Å². The average Bonchev–Trinajstić information content (AvgIpc) is 2.76. The Balaban J connectivity index is 2.32. The summed E-state index contributed by atoms with van der Waals surface area (Å²) in [4.78, 5) is 0. The first-order valence-electron chi connectivity index (χ1n) is 11.5. The van der Waals surface area contributed by atoms with Crippen molar-refractivity contribution in [3.63, 3.8) is 0 Å². The van der Waals surface area contributed by atoms with Crippen LogP contribution in [-0.4, -0.2) is 65.1 Å². The fourth-order valence-electron chi connectivity index (χ4n) is 2.62. The Morgan fingerprint density at radius 3 is 1.47 bits per heavy atom. The van der Waals surface area contributed by atoms with Crippen LogP contribution in [0, 0.1) is 0 Å². The summed E-state index contributed by atoms with van der Waals surface area (Å²) in [5.74, 6) is 0. The Morgan fingerprint density at radius 2 is 1.06 bits per heavy atom. The highest BCUT2D eigenvalue weighted by Gasteiger charge is 2.02. The van der Waals surface area contributed by atoms with E-state index in [0.29, 0.717) is 52.9 Å². The first-order valence-corrected chi connectivity index (χ1v) is 11.5. The van der Waals surface area contributed by atoms with Crippen LogP contribution >= 0.6 is 0 Å². The van der Waals surface area contributed by atoms with E-state index < -0.39 is 0 Å². The Kier molecular flexibility index (Phi) is 15.6. The van der Waals surface area contributed by atoms with Gasteiger partial charge in [0.1, 0.15) is 13.2 Å². The molecule has 0 atom stereocenters. The van der Waals surface area contributed by atoms with Gasteiger partial charge in [-0.2, -0.15) is 0 Å². The Bertz CT molecular complexity index is 613. The molecule has 0 aliphatic heterocycles. The first kappa shape index (κ1) is 28.2. The maximum atomic E-state index is 5.62. The second-order valence-corrected chi connectivity index (χ2v) is 7.99. The highest BCUT2D eigenvalue weighted by Crippen LogP contribution is 2.20. The van der Waals surface area contributed by atoms with Gasteiger partial charge < -0.3 is 28.4 Å². The third-order valence-corrected chi connectivity index (χ3v) is 4.34. The summed E-state index contributed by atoms with van der Waals surface area (Å²) in [6, 6.07) is 8.30. The minimum absolute atomic E-state index is 0.232. The molecule has 0 unspecified atom stereocenters. The van der Waals surface area contributed by atoms with E-state index in [1.807, 2.05) is 47.6 Å². The maximum Gasteiger partial charge on any atom is 0.111 e. The molecule has 0 saturated heterocycles. The summed E-state index contributed by atoms with van der Waals surface area (Å²) < 4.78 is 33.1. The monoisotopic (exact) mass is 450 g/mol. The van der Waals surface area contributed by atoms with Gasteiger partial charge in [-0.3, -0.25) is 0 Å². The van der Waals surface area contributed by atoms with Crippen LogP contribution in [0.2, 0.25) is 0 Å². The van der Waals surface area contributed by atoms with Crippen LogP contribution in [0.5, 0.6) is 0 Å². The SMILES string of the molecule is C/C(=C\OCCOCCOC(C)C)c1cccc(/C(C)=C/OCCOCCOC(C)C)c1. The predicted octanol–water partition coefficient (Wildman–Crippen LogP) is 5.32. The normalized spacial score (nSPS) is 12.6. The molecule has 6 heteroatoms. The minimum Gasteiger partial charge on any atom is -0.498 e. The van der Waals surface area contributed by atoms with Crippen molar-refractivity contribution in [2.24, 2.45) is 0 Å². The van der Waals surface area contributed by atoms with Crippen LogP contribution in [0.25, 0.3) is 11.1 Å². The van der Waals surface area contributed by atoms with E-state index >= 15 is 0 Å². The summed E-state index contributed by atoms with van der Waals surface area (Å²) in [6.45, 7) is 16.6. The standard InChI is InChI=1S/C26H42O6/c1-21(2)31-16-14-27-10-12-29-19-23(5)25-8-7-9-26(18-25)24(6)20-30-13-11-28-15-17-32-22(3)4/h7-9,18-22H,10-17H2,1-6H3/b23-19+,24-20+. The van der Waals surface area contributed by atoms with Crippen molar-refractivity contribution in [2.75, 3.05) is 52.9 Å². The molecule has 0 bridgehead atoms. The van der Waals surface area contributed by atoms with Crippen LogP contribution < -0.4 is 0 Å². The Morgan fingerprint density at radius 1 is 0.656 bits per heavy atom. The summed E-state index contributed by atoms with van der Waals surface area (Å²) >= 11 is 0. The molecule has 0 radical (unpaired) electrons. The van der Waals surface area contributed by atoms with Gasteiger partial charge in [-0.15, -0.1) is 0 Å². The third-order valence-electron chi connectivity index (χ3n) is 4.34. The van der Waals surface area contributed by atoms with E-state index in [1.165, 1.54) is 0 Å². The zero-order valence-electron chi connectivity index (χ0n) is 20.7. The van der Waals surface area contributed by atoms with Gasteiger partial charge in [0.05, 0.1) is 64.4 Å². The van der Waals surface area contributed by atoms with E-state index in [0.717, 1.165) is 22.3 Å². The minimum atomic E-state index is 0.232. The zero-order chi connectivity index (χ0) is 23.6. The third kappa shape index (κ3) is 14.2. The van der Waals surface area contributed by atoms with Crippen LogP contribution in [0.4, 0.5) is 0 Å². The average molecular weight is 451 g/mol. The maximum absolute atomic E-state index is 5.62. The molecule has 0 fully saturated rings. The van der Waals surface area contributed by atoms with Crippen molar-refractivity contribution in [3.05, 3.63) is 47.9 Å². The van der Waals surface area contributed by atoms with Crippen molar-refractivity contribution in [1.29, 1.82) is 0 Å². The molecule has 6 nitrogen and oxygen atoms in total. The van der Waals surface area contributed by atoms with Crippen molar-refractivity contribution in [1.82, 2.24) is 0 Å². The van der Waals surface area contributed by atoms with Gasteiger partial charge in [-0.25, -0.2) is 0 Å². The molecule has 0 aromatic heterocycles. The van der Waals surface area contributed by atoms with Gasteiger partial charge in [0.25, 0.3) is 0 Å². The van der Waals surface area contributed by atoms with Gasteiger partial charge in [0, 0.05) is 0 Å². The summed E-state index contributed by atoms with van der Waals surface area (Å²) in [6.07, 6.45) is 4.02. The summed E-state index contributed by atoms with van der Waals surface area (Å²) in [5.41, 5.74) is 4.33. The number of ether oxygens (including phenoxy) is 6. The molecular weight excluding hydrogens is 408 g/mol. The van der Waals surface area contributed by atoms with Crippen LogP contribution in [-0.2, 0) is 28.4 Å². The van der Waals surface area contributed by atoms with Crippen LogP contribution in [0.1, 0.15) is 52.7 Å². The molecule has 0 spiro atoms. The van der Waals surface area contributed by atoms with E-state index in [4.69, 9.17) is 28.4 Å². The molecule has 0 aliphatic carbocycles. The quantitative estimate of drug-likeness (QED) is 0.223. The van der Waals surface area contributed by atoms with E-state index in [1.54, 1.807) is 12.5 Å². The Hall–Kier alpha value is -1.86. The number of allylic oxidation sites excluding steroid dienone is 2. The van der Waals surface area contributed by atoms with Gasteiger partial charge in [-0.05, 0) is 69.9 Å². The lowest BCUT2D eigenvalue weighted by Crippen LogP contribution is -2.11. The van der Waals surface area contributed by atoms with Crippen molar-refractivity contribution < 1.29 is 28.4 Å². The largest absolute Gasteiger partial charge is 0.498 e. The molecule has 32 heavy (non-hydrogen) atoms. The fourth-order valence-corrected chi connectivity index (χ4v) is 2.62. The molecule has 0 saturated carbocycles. The molecule has 0 N–H and O–H groups in total. The highest BCUT2D eigenvalue weighted by molar-refractivity contribution is 5.70.